The smallest absolute Gasteiger partial charge is 0.343 e. The van der Waals surface area contributed by atoms with E-state index in [-0.39, 0.29) is 11.6 Å². The largest absolute Gasteiger partial charge is 0.345 e. The molecule has 2 aliphatic heterocycles. The molecule has 0 spiro atoms. The van der Waals surface area contributed by atoms with Crippen LogP contribution in [0.2, 0.25) is 0 Å². The lowest BCUT2D eigenvalue weighted by atomic mass is 10.2. The first-order valence-electron chi connectivity index (χ1n) is 6.96. The van der Waals surface area contributed by atoms with E-state index in [0.29, 0.717) is 28.0 Å². The van der Waals surface area contributed by atoms with Crippen LogP contribution in [0.5, 0.6) is 0 Å². The van der Waals surface area contributed by atoms with Crippen LogP contribution in [0.4, 0.5) is 4.79 Å². The Kier molecular flexibility index (Phi) is 2.77. The van der Waals surface area contributed by atoms with Crippen molar-refractivity contribution in [2.45, 2.75) is 0 Å². The molecule has 4 rings (SSSR count). The van der Waals surface area contributed by atoms with Crippen LogP contribution in [-0.2, 0) is 0 Å². The summed E-state index contributed by atoms with van der Waals surface area (Å²) in [5.74, 6) is 0. The first kappa shape index (κ1) is 13.3. The number of pyridine rings is 1. The number of nitrogens with zero attached hydrogens (tertiary/aromatic N) is 4. The first-order valence-corrected chi connectivity index (χ1v) is 6.96. The fourth-order valence-electron chi connectivity index (χ4n) is 2.55. The van der Waals surface area contributed by atoms with Crippen LogP contribution in [-0.4, -0.2) is 37.6 Å². The Morgan fingerprint density at radius 3 is 2.78 bits per heavy atom. The SMILES string of the molecule is CNC(=O)n1ncc2c3nn(-c4ccccc4)c(=O)c-3c[nH]c21. The van der Waals surface area contributed by atoms with Gasteiger partial charge in [0.2, 0.25) is 0 Å². The summed E-state index contributed by atoms with van der Waals surface area (Å²) in [4.78, 5) is 27.3. The summed E-state index contributed by atoms with van der Waals surface area (Å²) in [6.45, 7) is 0. The lowest BCUT2D eigenvalue weighted by Crippen LogP contribution is -2.25. The van der Waals surface area contributed by atoms with Gasteiger partial charge in [0, 0.05) is 13.2 Å². The first-order chi connectivity index (χ1) is 11.2. The van der Waals surface area contributed by atoms with Crippen molar-refractivity contribution in [1.29, 1.82) is 0 Å². The lowest BCUT2D eigenvalue weighted by Gasteiger charge is -2.01. The summed E-state index contributed by atoms with van der Waals surface area (Å²) in [6, 6.07) is 8.79. The maximum atomic E-state index is 12.5. The van der Waals surface area contributed by atoms with E-state index in [1.165, 1.54) is 22.6 Å². The summed E-state index contributed by atoms with van der Waals surface area (Å²) in [7, 11) is 1.52. The number of fused-ring (bicyclic) bond motifs is 3. The highest BCUT2D eigenvalue weighted by Gasteiger charge is 2.22. The van der Waals surface area contributed by atoms with Crippen LogP contribution in [0, 0.1) is 0 Å². The molecule has 2 N–H and O–H groups in total. The molecule has 1 amide bonds. The molecule has 1 aromatic heterocycles. The zero-order valence-corrected chi connectivity index (χ0v) is 12.1. The Morgan fingerprint density at radius 2 is 2.04 bits per heavy atom. The number of H-pyrrole nitrogens is 1. The Morgan fingerprint density at radius 1 is 1.26 bits per heavy atom. The number of carbonyl (C=O) groups excluding carboxylic acids is 1. The standard InChI is InChI=1S/C15H12N6O2/c1-16-15(23)21-13-10(8-18-21)12-11(7-17-13)14(22)20(19-12)9-5-3-2-4-6-9/h2-8,17H,1H3,(H,16,23). The summed E-state index contributed by atoms with van der Waals surface area (Å²) < 4.78 is 2.54. The van der Waals surface area contributed by atoms with Gasteiger partial charge in [-0.05, 0) is 12.1 Å². The number of carbonyl (C=O) groups is 1. The summed E-state index contributed by atoms with van der Waals surface area (Å²) in [5.41, 5.74) is 1.88. The molecule has 1 aromatic carbocycles. The van der Waals surface area contributed by atoms with Gasteiger partial charge in [-0.1, -0.05) is 18.2 Å². The minimum absolute atomic E-state index is 0.225. The number of aromatic nitrogens is 5. The van der Waals surface area contributed by atoms with E-state index in [1.807, 2.05) is 30.3 Å². The number of nitrogens with one attached hydrogen (secondary N) is 2. The highest BCUT2D eigenvalue weighted by molar-refractivity contribution is 5.95. The van der Waals surface area contributed by atoms with Crippen LogP contribution in [0.3, 0.4) is 0 Å². The molecule has 0 unspecified atom stereocenters. The molecular formula is C15H12N6O2. The predicted octanol–water partition coefficient (Wildman–Crippen LogP) is 1.20. The number of amides is 1. The van der Waals surface area contributed by atoms with Gasteiger partial charge >= 0.3 is 6.03 Å². The molecule has 23 heavy (non-hydrogen) atoms. The second-order valence-electron chi connectivity index (χ2n) is 4.98. The van der Waals surface area contributed by atoms with Crippen molar-refractivity contribution < 1.29 is 4.79 Å². The van der Waals surface area contributed by atoms with E-state index in [0.717, 1.165) is 0 Å². The fraction of sp³-hybridized carbons (Fsp3) is 0.0667. The normalized spacial score (nSPS) is 11.2. The van der Waals surface area contributed by atoms with Crippen LogP contribution >= 0.6 is 0 Å². The lowest BCUT2D eigenvalue weighted by molar-refractivity contribution is 0.242. The molecule has 8 nitrogen and oxygen atoms in total. The van der Waals surface area contributed by atoms with Gasteiger partial charge in [0.1, 0.15) is 11.3 Å². The Labute approximate surface area is 129 Å². The number of para-hydroxylation sites is 1. The zero-order chi connectivity index (χ0) is 16.0. The van der Waals surface area contributed by atoms with Crippen molar-refractivity contribution in [3.05, 3.63) is 53.1 Å². The van der Waals surface area contributed by atoms with Crippen LogP contribution in [0.1, 0.15) is 0 Å². The molecule has 0 saturated carbocycles. The van der Waals surface area contributed by atoms with Gasteiger partial charge in [0.15, 0.2) is 0 Å². The van der Waals surface area contributed by atoms with Crippen molar-refractivity contribution in [2.24, 2.45) is 0 Å². The van der Waals surface area contributed by atoms with Gasteiger partial charge in [0.05, 0.1) is 22.8 Å². The summed E-state index contributed by atoms with van der Waals surface area (Å²) in [6.07, 6.45) is 3.07. The van der Waals surface area contributed by atoms with Crippen molar-refractivity contribution in [3.8, 4) is 16.9 Å². The third-order valence-corrected chi connectivity index (χ3v) is 3.66. The van der Waals surface area contributed by atoms with Crippen molar-refractivity contribution in [3.63, 3.8) is 0 Å². The molecular weight excluding hydrogens is 296 g/mol. The van der Waals surface area contributed by atoms with Crippen LogP contribution in [0.15, 0.2) is 47.5 Å². The molecule has 8 heteroatoms. The van der Waals surface area contributed by atoms with Crippen molar-refractivity contribution in [1.82, 2.24) is 29.9 Å². The number of benzene rings is 1. The van der Waals surface area contributed by atoms with E-state index >= 15 is 0 Å². The molecule has 3 heterocycles. The number of hydrogen-bond acceptors (Lipinski definition) is 4. The molecule has 0 saturated heterocycles. The van der Waals surface area contributed by atoms with Gasteiger partial charge in [-0.25, -0.2) is 4.79 Å². The average Bonchev–Trinajstić information content (AvgIpc) is 3.16. The third-order valence-electron chi connectivity index (χ3n) is 3.66. The quantitative estimate of drug-likeness (QED) is 0.552. The minimum atomic E-state index is -0.375. The highest BCUT2D eigenvalue weighted by atomic mass is 16.2. The third kappa shape index (κ3) is 1.85. The second-order valence-corrected chi connectivity index (χ2v) is 4.98. The van der Waals surface area contributed by atoms with Gasteiger partial charge in [-0.15, -0.1) is 0 Å². The number of hydrogen-bond donors (Lipinski definition) is 2. The molecule has 0 fully saturated rings. The molecule has 114 valence electrons. The van der Waals surface area contributed by atoms with Gasteiger partial charge in [0.25, 0.3) is 5.56 Å². The second kappa shape index (κ2) is 4.80. The minimum Gasteiger partial charge on any atom is -0.345 e. The van der Waals surface area contributed by atoms with Gasteiger partial charge in [-0.2, -0.15) is 19.6 Å². The molecule has 0 radical (unpaired) electrons. The summed E-state index contributed by atoms with van der Waals surface area (Å²) >= 11 is 0. The maximum absolute atomic E-state index is 12.5. The summed E-state index contributed by atoms with van der Waals surface area (Å²) in [5, 5.41) is 11.6. The van der Waals surface area contributed by atoms with E-state index in [9.17, 15) is 9.59 Å². The van der Waals surface area contributed by atoms with E-state index in [2.05, 4.69) is 20.5 Å². The molecule has 0 atom stereocenters. The topological polar surface area (TPSA) is 97.6 Å². The van der Waals surface area contributed by atoms with Gasteiger partial charge in [-0.3, -0.25) is 4.79 Å². The van der Waals surface area contributed by atoms with Crippen LogP contribution in [0.25, 0.3) is 28.0 Å². The predicted molar refractivity (Wildman–Crippen MR) is 84.0 cm³/mol. The van der Waals surface area contributed by atoms with Gasteiger partial charge < -0.3 is 10.3 Å². The molecule has 0 aliphatic carbocycles. The number of aromatic amines is 1. The highest BCUT2D eigenvalue weighted by Crippen LogP contribution is 2.25. The fourth-order valence-corrected chi connectivity index (χ4v) is 2.55. The monoisotopic (exact) mass is 308 g/mol. The Bertz CT molecular complexity index is 1040. The van der Waals surface area contributed by atoms with Crippen molar-refractivity contribution >= 4 is 17.1 Å². The molecule has 0 bridgehead atoms. The Hall–Kier alpha value is -3.42. The van der Waals surface area contributed by atoms with Crippen LogP contribution < -0.4 is 10.9 Å². The van der Waals surface area contributed by atoms with E-state index in [4.69, 9.17) is 0 Å². The zero-order valence-electron chi connectivity index (χ0n) is 12.1. The van der Waals surface area contributed by atoms with E-state index < -0.39 is 0 Å². The number of rotatable bonds is 1. The Balaban J connectivity index is 2.01. The van der Waals surface area contributed by atoms with Crippen molar-refractivity contribution in [2.75, 3.05) is 7.05 Å². The molecule has 2 aliphatic rings. The maximum Gasteiger partial charge on any atom is 0.343 e. The van der Waals surface area contributed by atoms with E-state index in [1.54, 1.807) is 6.20 Å². The molecule has 2 aromatic rings. The average molecular weight is 308 g/mol.